The van der Waals surface area contributed by atoms with Crippen molar-refractivity contribution in [3.05, 3.63) is 72.2 Å². The maximum Gasteiger partial charge on any atom is 0.253 e. The summed E-state index contributed by atoms with van der Waals surface area (Å²) in [4.78, 5) is 28.7. The van der Waals surface area contributed by atoms with Gasteiger partial charge in [-0.25, -0.2) is 14.6 Å². The van der Waals surface area contributed by atoms with Crippen LogP contribution in [0.2, 0.25) is 0 Å². The van der Waals surface area contributed by atoms with Gasteiger partial charge in [0.15, 0.2) is 5.65 Å². The van der Waals surface area contributed by atoms with E-state index in [1.165, 1.54) is 0 Å². The minimum absolute atomic E-state index is 0.0290. The van der Waals surface area contributed by atoms with Crippen molar-refractivity contribution in [1.82, 2.24) is 29.5 Å². The summed E-state index contributed by atoms with van der Waals surface area (Å²) in [7, 11) is 4.13. The van der Waals surface area contributed by atoms with Gasteiger partial charge in [0, 0.05) is 43.7 Å². The first-order valence-electron chi connectivity index (χ1n) is 14.5. The number of anilines is 1. The van der Waals surface area contributed by atoms with Crippen LogP contribution in [0.25, 0.3) is 11.0 Å². The molecule has 10 nitrogen and oxygen atoms in total. The van der Waals surface area contributed by atoms with Crippen LogP contribution in [0.1, 0.15) is 36.7 Å². The van der Waals surface area contributed by atoms with Gasteiger partial charge in [0.2, 0.25) is 0 Å². The number of rotatable bonds is 11. The van der Waals surface area contributed by atoms with Crippen LogP contribution in [0.3, 0.4) is 0 Å². The molecule has 0 aliphatic carbocycles. The van der Waals surface area contributed by atoms with Gasteiger partial charge in [-0.2, -0.15) is 5.10 Å². The Kier molecular flexibility index (Phi) is 8.91. The first-order chi connectivity index (χ1) is 20.2. The molecule has 1 aliphatic heterocycles. The van der Waals surface area contributed by atoms with Gasteiger partial charge in [-0.05, 0) is 63.0 Å². The number of nitrogens with zero attached hydrogens (tertiary/aromatic N) is 7. The highest BCUT2D eigenvalue weighted by molar-refractivity contribution is 5.94. The first kappa shape index (κ1) is 29.3. The van der Waals surface area contributed by atoms with Crippen molar-refractivity contribution in [1.29, 1.82) is 0 Å². The van der Waals surface area contributed by atoms with Crippen molar-refractivity contribution < 1.29 is 14.3 Å². The zero-order valence-corrected chi connectivity index (χ0v) is 25.3. The van der Waals surface area contributed by atoms with E-state index < -0.39 is 0 Å². The summed E-state index contributed by atoms with van der Waals surface area (Å²) in [6.07, 6.45) is 3.43. The van der Waals surface area contributed by atoms with Gasteiger partial charge in [-0.15, -0.1) is 0 Å². The van der Waals surface area contributed by atoms with Gasteiger partial charge in [0.25, 0.3) is 5.91 Å². The molecule has 42 heavy (non-hydrogen) atoms. The van der Waals surface area contributed by atoms with Crippen LogP contribution in [0.15, 0.2) is 61.1 Å². The normalized spacial score (nSPS) is 14.0. The van der Waals surface area contributed by atoms with Crippen molar-refractivity contribution in [3.63, 3.8) is 0 Å². The quantitative estimate of drug-likeness (QED) is 0.265. The summed E-state index contributed by atoms with van der Waals surface area (Å²) < 4.78 is 13.6. The Morgan fingerprint density at radius 2 is 1.74 bits per heavy atom. The third kappa shape index (κ3) is 6.99. The number of amides is 1. The minimum atomic E-state index is 0.0290. The highest BCUT2D eigenvalue weighted by Crippen LogP contribution is 2.26. The van der Waals surface area contributed by atoms with Crippen molar-refractivity contribution in [3.8, 4) is 11.5 Å². The Morgan fingerprint density at radius 1 is 0.976 bits per heavy atom. The number of carbonyl (C=O) groups is 1. The van der Waals surface area contributed by atoms with Crippen LogP contribution in [0, 0.1) is 5.41 Å². The molecule has 10 heteroatoms. The molecule has 3 heterocycles. The highest BCUT2D eigenvalue weighted by Gasteiger charge is 2.25. The van der Waals surface area contributed by atoms with Crippen molar-refractivity contribution in [2.75, 3.05) is 64.9 Å². The topological polar surface area (TPSA) is 88.9 Å². The number of hydrogen-bond donors (Lipinski definition) is 0. The maximum absolute atomic E-state index is 13.3. The number of benzene rings is 2. The van der Waals surface area contributed by atoms with E-state index in [4.69, 9.17) is 9.47 Å². The second-order valence-electron chi connectivity index (χ2n) is 11.8. The summed E-state index contributed by atoms with van der Waals surface area (Å²) in [6, 6.07) is 15.5. The van der Waals surface area contributed by atoms with E-state index in [9.17, 15) is 4.79 Å². The van der Waals surface area contributed by atoms with Crippen molar-refractivity contribution in [2.24, 2.45) is 5.41 Å². The smallest absolute Gasteiger partial charge is 0.253 e. The average molecular weight is 572 g/mol. The fourth-order valence-corrected chi connectivity index (χ4v) is 5.50. The molecule has 4 aromatic rings. The zero-order chi connectivity index (χ0) is 29.7. The highest BCUT2D eigenvalue weighted by atomic mass is 16.5. The van der Waals surface area contributed by atoms with Gasteiger partial charge in [0.05, 0.1) is 31.3 Å². The molecule has 0 radical (unpaired) electrons. The molecule has 1 aliphatic rings. The molecule has 1 fully saturated rings. The standard InChI is InChI=1S/C32H41N7O3/c1-6-41-27-9-7-8-24(18-27)20-39-30-28(19-35-39)29(33-23-34-30)37-14-16-38(17-15-37)31(40)25-10-12-26(13-11-25)42-22-32(2,3)21-36(4)5/h7-13,18-19,23H,6,14-17,20-22H2,1-5H3. The van der Waals surface area contributed by atoms with Gasteiger partial charge >= 0.3 is 0 Å². The molecule has 0 bridgehead atoms. The Labute approximate surface area is 247 Å². The Morgan fingerprint density at radius 3 is 2.45 bits per heavy atom. The third-order valence-corrected chi connectivity index (χ3v) is 7.30. The SMILES string of the molecule is CCOc1cccc(Cn2ncc3c(N4CCN(C(=O)c5ccc(OCC(C)(C)CN(C)C)cc5)CC4)ncnc32)c1. The maximum atomic E-state index is 13.3. The second kappa shape index (κ2) is 12.8. The molecule has 1 amide bonds. The molecule has 2 aromatic carbocycles. The van der Waals surface area contributed by atoms with Gasteiger partial charge in [-0.3, -0.25) is 4.79 Å². The number of carbonyl (C=O) groups excluding carboxylic acids is 1. The Balaban J connectivity index is 1.19. The van der Waals surface area contributed by atoms with Crippen LogP contribution in [0.4, 0.5) is 5.82 Å². The van der Waals surface area contributed by atoms with Crippen LogP contribution in [-0.2, 0) is 6.54 Å². The fraction of sp³-hybridized carbons (Fsp3) is 0.438. The predicted octanol–water partition coefficient (Wildman–Crippen LogP) is 4.20. The molecule has 2 aromatic heterocycles. The molecule has 0 saturated carbocycles. The van der Waals surface area contributed by atoms with Crippen LogP contribution < -0.4 is 14.4 Å². The van der Waals surface area contributed by atoms with E-state index in [-0.39, 0.29) is 11.3 Å². The molecule has 0 spiro atoms. The number of hydrogen-bond acceptors (Lipinski definition) is 8. The largest absolute Gasteiger partial charge is 0.494 e. The summed E-state index contributed by atoms with van der Waals surface area (Å²) in [5.74, 6) is 2.50. The lowest BCUT2D eigenvalue weighted by molar-refractivity contribution is 0.0746. The number of ether oxygens (including phenoxy) is 2. The number of piperazine rings is 1. The van der Waals surface area contributed by atoms with Crippen molar-refractivity contribution in [2.45, 2.75) is 27.3 Å². The number of aromatic nitrogens is 4. The van der Waals surface area contributed by atoms with Crippen LogP contribution in [0.5, 0.6) is 11.5 Å². The van der Waals surface area contributed by atoms with Gasteiger partial charge in [-0.1, -0.05) is 26.0 Å². The molecular weight excluding hydrogens is 530 g/mol. The molecule has 222 valence electrons. The van der Waals surface area contributed by atoms with Gasteiger partial charge < -0.3 is 24.2 Å². The molecule has 0 N–H and O–H groups in total. The molecular formula is C32H41N7O3. The summed E-state index contributed by atoms with van der Waals surface area (Å²) in [5, 5.41) is 5.53. The first-order valence-corrected chi connectivity index (χ1v) is 14.5. The monoisotopic (exact) mass is 571 g/mol. The van der Waals surface area contributed by atoms with Crippen LogP contribution in [-0.4, -0.2) is 95.5 Å². The average Bonchev–Trinajstić information content (AvgIpc) is 3.39. The Bertz CT molecular complexity index is 1490. The lowest BCUT2D eigenvalue weighted by Crippen LogP contribution is -2.49. The molecule has 0 unspecified atom stereocenters. The molecule has 0 atom stereocenters. The fourth-order valence-electron chi connectivity index (χ4n) is 5.50. The van der Waals surface area contributed by atoms with E-state index in [0.717, 1.165) is 40.5 Å². The van der Waals surface area contributed by atoms with E-state index in [2.05, 4.69) is 58.9 Å². The summed E-state index contributed by atoms with van der Waals surface area (Å²) in [6.45, 7) is 11.7. The minimum Gasteiger partial charge on any atom is -0.494 e. The molecule has 1 saturated heterocycles. The van der Waals surface area contributed by atoms with E-state index in [1.54, 1.807) is 6.33 Å². The Hall–Kier alpha value is -4.18. The summed E-state index contributed by atoms with van der Waals surface area (Å²) >= 11 is 0. The van der Waals surface area contributed by atoms with E-state index in [1.807, 2.05) is 65.2 Å². The third-order valence-electron chi connectivity index (χ3n) is 7.30. The second-order valence-corrected chi connectivity index (χ2v) is 11.8. The van der Waals surface area contributed by atoms with E-state index >= 15 is 0 Å². The van der Waals surface area contributed by atoms with E-state index in [0.29, 0.717) is 51.5 Å². The lowest BCUT2D eigenvalue weighted by atomic mass is 9.94. The van der Waals surface area contributed by atoms with Gasteiger partial charge in [0.1, 0.15) is 23.6 Å². The van der Waals surface area contributed by atoms with Crippen LogP contribution >= 0.6 is 0 Å². The zero-order valence-electron chi connectivity index (χ0n) is 25.3. The van der Waals surface area contributed by atoms with Crippen molar-refractivity contribution >= 4 is 22.8 Å². The summed E-state index contributed by atoms with van der Waals surface area (Å²) in [5.41, 5.74) is 2.57. The lowest BCUT2D eigenvalue weighted by Gasteiger charge is -2.35. The molecule has 5 rings (SSSR count). The number of fused-ring (bicyclic) bond motifs is 1. The predicted molar refractivity (Wildman–Crippen MR) is 164 cm³/mol.